The average Bonchev–Trinajstić information content (AvgIpc) is 2.57. The molecule has 0 bridgehead atoms. The summed E-state index contributed by atoms with van der Waals surface area (Å²) in [7, 11) is 0. The number of benzene rings is 2. The lowest BCUT2D eigenvalue weighted by Crippen LogP contribution is -2.27. The predicted molar refractivity (Wildman–Crippen MR) is 90.6 cm³/mol. The summed E-state index contributed by atoms with van der Waals surface area (Å²) in [5.74, 6) is -0.928. The van der Waals surface area contributed by atoms with Crippen molar-refractivity contribution in [3.8, 4) is 0 Å². The SMILES string of the molecule is CCCn1nc(C(=O)Nc2cccc(F)c2)c2ccccc2c1=O. The number of anilines is 1. The van der Waals surface area contributed by atoms with E-state index in [0.717, 1.165) is 6.42 Å². The Morgan fingerprint density at radius 1 is 1.17 bits per heavy atom. The average molecular weight is 325 g/mol. The highest BCUT2D eigenvalue weighted by molar-refractivity contribution is 6.11. The molecule has 0 fully saturated rings. The van der Waals surface area contributed by atoms with Gasteiger partial charge in [0.15, 0.2) is 5.69 Å². The first-order valence-electron chi connectivity index (χ1n) is 7.67. The van der Waals surface area contributed by atoms with E-state index in [1.54, 1.807) is 30.3 Å². The van der Waals surface area contributed by atoms with Gasteiger partial charge in [-0.25, -0.2) is 9.07 Å². The predicted octanol–water partition coefficient (Wildman–Crippen LogP) is 3.20. The Balaban J connectivity index is 2.09. The van der Waals surface area contributed by atoms with E-state index in [2.05, 4.69) is 10.4 Å². The maximum Gasteiger partial charge on any atom is 0.276 e. The Morgan fingerprint density at radius 2 is 1.92 bits per heavy atom. The van der Waals surface area contributed by atoms with Crippen LogP contribution in [0.15, 0.2) is 53.3 Å². The zero-order valence-electron chi connectivity index (χ0n) is 13.1. The summed E-state index contributed by atoms with van der Waals surface area (Å²) in [6.45, 7) is 2.35. The van der Waals surface area contributed by atoms with Crippen LogP contribution in [0.3, 0.4) is 0 Å². The molecule has 5 nitrogen and oxygen atoms in total. The largest absolute Gasteiger partial charge is 0.320 e. The topological polar surface area (TPSA) is 64.0 Å². The number of rotatable bonds is 4. The van der Waals surface area contributed by atoms with E-state index in [4.69, 9.17) is 0 Å². The fourth-order valence-electron chi connectivity index (χ4n) is 2.52. The van der Waals surface area contributed by atoms with Crippen LogP contribution in [0.5, 0.6) is 0 Å². The van der Waals surface area contributed by atoms with Gasteiger partial charge >= 0.3 is 0 Å². The van der Waals surface area contributed by atoms with Crippen molar-refractivity contribution in [3.05, 3.63) is 70.4 Å². The number of carbonyl (C=O) groups excluding carboxylic acids is 1. The Kier molecular flexibility index (Phi) is 4.37. The Labute approximate surface area is 137 Å². The van der Waals surface area contributed by atoms with Crippen molar-refractivity contribution >= 4 is 22.4 Å². The molecule has 3 aromatic rings. The summed E-state index contributed by atoms with van der Waals surface area (Å²) in [5.41, 5.74) is 0.247. The van der Waals surface area contributed by atoms with Gasteiger partial charge in [0, 0.05) is 17.6 Å². The quantitative estimate of drug-likeness (QED) is 0.801. The number of fused-ring (bicyclic) bond motifs is 1. The van der Waals surface area contributed by atoms with Crippen LogP contribution in [-0.2, 0) is 6.54 Å². The van der Waals surface area contributed by atoms with Gasteiger partial charge in [-0.15, -0.1) is 0 Å². The molecule has 0 spiro atoms. The molecular formula is C18H16FN3O2. The molecule has 1 N–H and O–H groups in total. The Bertz CT molecular complexity index is 966. The van der Waals surface area contributed by atoms with Gasteiger partial charge in [-0.05, 0) is 30.7 Å². The first-order valence-corrected chi connectivity index (χ1v) is 7.67. The molecule has 0 atom stereocenters. The first kappa shape index (κ1) is 15.9. The highest BCUT2D eigenvalue weighted by Crippen LogP contribution is 2.16. The summed E-state index contributed by atoms with van der Waals surface area (Å²) >= 11 is 0. The van der Waals surface area contributed by atoms with Gasteiger partial charge in [-0.2, -0.15) is 5.10 Å². The molecule has 2 aromatic carbocycles. The third-order valence-corrected chi connectivity index (χ3v) is 3.60. The van der Waals surface area contributed by atoms with Crippen molar-refractivity contribution in [2.24, 2.45) is 0 Å². The van der Waals surface area contributed by atoms with Crippen LogP contribution in [0.25, 0.3) is 10.8 Å². The van der Waals surface area contributed by atoms with Gasteiger partial charge in [0.2, 0.25) is 0 Å². The van der Waals surface area contributed by atoms with E-state index < -0.39 is 11.7 Å². The number of nitrogens with zero attached hydrogens (tertiary/aromatic N) is 2. The summed E-state index contributed by atoms with van der Waals surface area (Å²) in [6, 6.07) is 12.5. The number of aromatic nitrogens is 2. The second-order valence-electron chi connectivity index (χ2n) is 5.39. The number of amides is 1. The summed E-state index contributed by atoms with van der Waals surface area (Å²) in [4.78, 5) is 25.0. The van der Waals surface area contributed by atoms with Crippen molar-refractivity contribution in [1.29, 1.82) is 0 Å². The highest BCUT2D eigenvalue weighted by atomic mass is 19.1. The molecule has 1 aromatic heterocycles. The van der Waals surface area contributed by atoms with Crippen LogP contribution in [-0.4, -0.2) is 15.7 Å². The van der Waals surface area contributed by atoms with E-state index in [0.29, 0.717) is 23.0 Å². The third-order valence-electron chi connectivity index (χ3n) is 3.60. The number of nitrogens with one attached hydrogen (secondary N) is 1. The molecule has 1 heterocycles. The van der Waals surface area contributed by atoms with E-state index >= 15 is 0 Å². The van der Waals surface area contributed by atoms with Gasteiger partial charge in [-0.1, -0.05) is 31.2 Å². The lowest BCUT2D eigenvalue weighted by molar-refractivity contribution is 0.102. The molecule has 6 heteroatoms. The second-order valence-corrected chi connectivity index (χ2v) is 5.39. The summed E-state index contributed by atoms with van der Waals surface area (Å²) in [5, 5.41) is 7.74. The van der Waals surface area contributed by atoms with Crippen molar-refractivity contribution in [1.82, 2.24) is 9.78 Å². The minimum atomic E-state index is -0.485. The van der Waals surface area contributed by atoms with Crippen LogP contribution < -0.4 is 10.9 Å². The minimum Gasteiger partial charge on any atom is -0.320 e. The number of aryl methyl sites for hydroxylation is 1. The molecule has 122 valence electrons. The highest BCUT2D eigenvalue weighted by Gasteiger charge is 2.16. The molecule has 0 aliphatic heterocycles. The summed E-state index contributed by atoms with van der Waals surface area (Å²) < 4.78 is 14.6. The lowest BCUT2D eigenvalue weighted by atomic mass is 10.1. The van der Waals surface area contributed by atoms with Gasteiger partial charge < -0.3 is 5.32 Å². The van der Waals surface area contributed by atoms with E-state index in [1.165, 1.54) is 22.9 Å². The van der Waals surface area contributed by atoms with Crippen molar-refractivity contribution in [3.63, 3.8) is 0 Å². The maximum atomic E-state index is 13.3. The van der Waals surface area contributed by atoms with Gasteiger partial charge in [0.1, 0.15) is 5.82 Å². The Morgan fingerprint density at radius 3 is 2.62 bits per heavy atom. The molecule has 0 radical (unpaired) electrons. The zero-order chi connectivity index (χ0) is 17.1. The first-order chi connectivity index (χ1) is 11.6. The van der Waals surface area contributed by atoms with E-state index in [-0.39, 0.29) is 11.3 Å². The number of carbonyl (C=O) groups is 1. The molecule has 1 amide bonds. The summed E-state index contributed by atoms with van der Waals surface area (Å²) in [6.07, 6.45) is 0.718. The van der Waals surface area contributed by atoms with E-state index in [9.17, 15) is 14.0 Å². The molecule has 24 heavy (non-hydrogen) atoms. The van der Waals surface area contributed by atoms with Crippen LogP contribution in [0.2, 0.25) is 0 Å². The second kappa shape index (κ2) is 6.62. The molecule has 0 saturated heterocycles. The smallest absolute Gasteiger partial charge is 0.276 e. The van der Waals surface area contributed by atoms with Gasteiger partial charge in [-0.3, -0.25) is 9.59 Å². The molecule has 0 unspecified atom stereocenters. The van der Waals surface area contributed by atoms with Crippen LogP contribution in [0, 0.1) is 5.82 Å². The van der Waals surface area contributed by atoms with Crippen molar-refractivity contribution < 1.29 is 9.18 Å². The zero-order valence-corrected chi connectivity index (χ0v) is 13.1. The molecule has 0 aliphatic rings. The monoisotopic (exact) mass is 325 g/mol. The maximum absolute atomic E-state index is 13.3. The van der Waals surface area contributed by atoms with Gasteiger partial charge in [0.05, 0.1) is 5.39 Å². The Hall–Kier alpha value is -3.02. The van der Waals surface area contributed by atoms with Crippen molar-refractivity contribution in [2.45, 2.75) is 19.9 Å². The fourth-order valence-corrected chi connectivity index (χ4v) is 2.52. The number of halogens is 1. The molecular weight excluding hydrogens is 309 g/mol. The fraction of sp³-hybridized carbons (Fsp3) is 0.167. The van der Waals surface area contributed by atoms with Gasteiger partial charge in [0.25, 0.3) is 11.5 Å². The van der Waals surface area contributed by atoms with Crippen LogP contribution in [0.4, 0.5) is 10.1 Å². The molecule has 3 rings (SSSR count). The van der Waals surface area contributed by atoms with Crippen LogP contribution in [0.1, 0.15) is 23.8 Å². The molecule has 0 saturated carbocycles. The molecule has 0 aliphatic carbocycles. The third kappa shape index (κ3) is 3.03. The minimum absolute atomic E-state index is 0.142. The number of hydrogen-bond donors (Lipinski definition) is 1. The van der Waals surface area contributed by atoms with Crippen molar-refractivity contribution in [2.75, 3.05) is 5.32 Å². The van der Waals surface area contributed by atoms with Crippen LogP contribution >= 0.6 is 0 Å². The number of hydrogen-bond acceptors (Lipinski definition) is 3. The standard InChI is InChI=1S/C18H16FN3O2/c1-2-10-22-18(24)15-9-4-3-8-14(15)16(21-22)17(23)20-13-7-5-6-12(19)11-13/h3-9,11H,2,10H2,1H3,(H,20,23). The normalized spacial score (nSPS) is 10.8. The van der Waals surface area contributed by atoms with E-state index in [1.807, 2.05) is 6.92 Å². The lowest BCUT2D eigenvalue weighted by Gasteiger charge is -2.10.